The minimum atomic E-state index is -0.597. The summed E-state index contributed by atoms with van der Waals surface area (Å²) in [5.41, 5.74) is 4.75. The van der Waals surface area contributed by atoms with Crippen molar-refractivity contribution < 1.29 is 9.59 Å². The molecule has 23 heavy (non-hydrogen) atoms. The van der Waals surface area contributed by atoms with E-state index in [2.05, 4.69) is 31.9 Å². The van der Waals surface area contributed by atoms with Gasteiger partial charge in [-0.1, -0.05) is 22.9 Å². The van der Waals surface area contributed by atoms with E-state index < -0.39 is 11.8 Å². The minimum absolute atomic E-state index is 0.0501. The van der Waals surface area contributed by atoms with E-state index in [0.29, 0.717) is 12.1 Å². The Balaban J connectivity index is 2.02. The summed E-state index contributed by atoms with van der Waals surface area (Å²) in [4.78, 5) is 35.4. The first-order chi connectivity index (χ1) is 11.0. The van der Waals surface area contributed by atoms with E-state index in [1.807, 2.05) is 6.92 Å². The molecule has 7 nitrogen and oxygen atoms in total. The Hall–Kier alpha value is -2.48. The number of nitrogens with one attached hydrogen (secondary N) is 2. The third-order valence-electron chi connectivity index (χ3n) is 2.93. The van der Waals surface area contributed by atoms with Crippen LogP contribution in [-0.4, -0.2) is 21.6 Å². The summed E-state index contributed by atoms with van der Waals surface area (Å²) in [6.07, 6.45) is 0.721. The first kappa shape index (κ1) is 16.9. The van der Waals surface area contributed by atoms with Crippen LogP contribution in [0.25, 0.3) is 0 Å². The highest BCUT2D eigenvalue weighted by atomic mass is 79.9. The Bertz CT molecular complexity index is 771. The minimum Gasteiger partial charge on any atom is -0.268 e. The maximum absolute atomic E-state index is 12.0. The number of aryl methyl sites for hydroxylation is 1. The number of benzene rings is 1. The normalized spacial score (nSPS) is 10.2. The van der Waals surface area contributed by atoms with Gasteiger partial charge in [0.2, 0.25) is 0 Å². The topological polar surface area (TPSA) is 93.1 Å². The molecule has 0 unspecified atom stereocenters. The molecule has 2 amide bonds. The van der Waals surface area contributed by atoms with E-state index in [0.717, 1.165) is 10.9 Å². The summed E-state index contributed by atoms with van der Waals surface area (Å²) in [7, 11) is 0. The molecule has 2 aromatic rings. The Morgan fingerprint density at radius 2 is 1.74 bits per heavy atom. The Labute approximate surface area is 140 Å². The molecule has 0 spiro atoms. The van der Waals surface area contributed by atoms with E-state index in [1.54, 1.807) is 24.3 Å². The summed E-state index contributed by atoms with van der Waals surface area (Å²) in [6.45, 7) is 2.32. The van der Waals surface area contributed by atoms with Gasteiger partial charge in [0.25, 0.3) is 17.4 Å². The number of hydrogen-bond donors (Lipinski definition) is 2. The van der Waals surface area contributed by atoms with Crippen molar-refractivity contribution in [1.82, 2.24) is 20.6 Å². The van der Waals surface area contributed by atoms with E-state index in [1.165, 1.54) is 16.8 Å². The fourth-order valence-electron chi connectivity index (χ4n) is 1.79. The lowest BCUT2D eigenvalue weighted by molar-refractivity contribution is 0.0842. The van der Waals surface area contributed by atoms with Gasteiger partial charge in [-0.15, -0.1) is 0 Å². The van der Waals surface area contributed by atoms with Crippen LogP contribution in [0.1, 0.15) is 34.2 Å². The van der Waals surface area contributed by atoms with Gasteiger partial charge in [-0.2, -0.15) is 5.10 Å². The van der Waals surface area contributed by atoms with Crippen molar-refractivity contribution in [3.8, 4) is 0 Å². The zero-order valence-electron chi connectivity index (χ0n) is 12.4. The largest absolute Gasteiger partial charge is 0.290 e. The number of amides is 2. The molecule has 1 aromatic carbocycles. The molecule has 120 valence electrons. The van der Waals surface area contributed by atoms with Crippen LogP contribution in [0, 0.1) is 0 Å². The van der Waals surface area contributed by atoms with Gasteiger partial charge < -0.3 is 0 Å². The van der Waals surface area contributed by atoms with Crippen LogP contribution in [-0.2, 0) is 6.54 Å². The first-order valence-corrected chi connectivity index (χ1v) is 7.75. The summed E-state index contributed by atoms with van der Waals surface area (Å²) in [6, 6.07) is 9.26. The first-order valence-electron chi connectivity index (χ1n) is 6.95. The quantitative estimate of drug-likeness (QED) is 0.788. The lowest BCUT2D eigenvalue weighted by Crippen LogP contribution is -2.42. The predicted octanol–water partition coefficient (Wildman–Crippen LogP) is 1.49. The van der Waals surface area contributed by atoms with Crippen LogP contribution >= 0.6 is 15.9 Å². The molecule has 1 heterocycles. The van der Waals surface area contributed by atoms with E-state index >= 15 is 0 Å². The van der Waals surface area contributed by atoms with Crippen molar-refractivity contribution in [2.24, 2.45) is 0 Å². The number of rotatable bonds is 4. The van der Waals surface area contributed by atoms with Crippen molar-refractivity contribution in [2.45, 2.75) is 19.9 Å². The zero-order valence-corrected chi connectivity index (χ0v) is 14.0. The molecule has 0 atom stereocenters. The smallest absolute Gasteiger partial charge is 0.268 e. The molecular weight excluding hydrogens is 364 g/mol. The summed E-state index contributed by atoms with van der Waals surface area (Å²) in [5, 5.41) is 3.96. The molecule has 0 aliphatic heterocycles. The van der Waals surface area contributed by atoms with Crippen molar-refractivity contribution in [3.05, 3.63) is 62.5 Å². The monoisotopic (exact) mass is 378 g/mol. The maximum atomic E-state index is 12.0. The van der Waals surface area contributed by atoms with Gasteiger partial charge in [0.05, 0.1) is 0 Å². The van der Waals surface area contributed by atoms with Gasteiger partial charge in [0, 0.05) is 22.6 Å². The van der Waals surface area contributed by atoms with Crippen LogP contribution in [0.4, 0.5) is 0 Å². The van der Waals surface area contributed by atoms with Crippen LogP contribution in [0.2, 0.25) is 0 Å². The van der Waals surface area contributed by atoms with E-state index in [-0.39, 0.29) is 11.3 Å². The Kier molecular flexibility index (Phi) is 5.64. The Morgan fingerprint density at radius 1 is 1.09 bits per heavy atom. The molecule has 0 saturated heterocycles. The number of aromatic nitrogens is 2. The van der Waals surface area contributed by atoms with Gasteiger partial charge in [0.1, 0.15) is 0 Å². The molecule has 0 fully saturated rings. The molecule has 0 radical (unpaired) electrons. The number of halogens is 1. The van der Waals surface area contributed by atoms with Gasteiger partial charge >= 0.3 is 0 Å². The van der Waals surface area contributed by atoms with E-state index in [4.69, 9.17) is 0 Å². The highest BCUT2D eigenvalue weighted by Gasteiger charge is 2.11. The Morgan fingerprint density at radius 3 is 2.39 bits per heavy atom. The van der Waals surface area contributed by atoms with Crippen molar-refractivity contribution in [3.63, 3.8) is 0 Å². The van der Waals surface area contributed by atoms with Crippen molar-refractivity contribution in [1.29, 1.82) is 0 Å². The summed E-state index contributed by atoms with van der Waals surface area (Å²) < 4.78 is 2.06. The summed E-state index contributed by atoms with van der Waals surface area (Å²) >= 11 is 3.28. The standard InChI is InChI=1S/C15H15BrN4O3/c1-2-9-20-13(21)8-7-12(19-20)15(23)18-17-14(22)10-3-5-11(16)6-4-10/h3-8H,2,9H2,1H3,(H,17,22)(H,18,23). The third kappa shape index (κ3) is 4.49. The average molecular weight is 379 g/mol. The van der Waals surface area contributed by atoms with Crippen LogP contribution in [0.5, 0.6) is 0 Å². The lowest BCUT2D eigenvalue weighted by atomic mass is 10.2. The average Bonchev–Trinajstić information content (AvgIpc) is 2.55. The number of carbonyl (C=O) groups excluding carboxylic acids is 2. The SMILES string of the molecule is CCCn1nc(C(=O)NNC(=O)c2ccc(Br)cc2)ccc1=O. The molecule has 2 rings (SSSR count). The second-order valence-electron chi connectivity index (χ2n) is 4.70. The predicted molar refractivity (Wildman–Crippen MR) is 87.9 cm³/mol. The lowest BCUT2D eigenvalue weighted by Gasteiger charge is -2.08. The second kappa shape index (κ2) is 7.68. The van der Waals surface area contributed by atoms with Gasteiger partial charge in [0.15, 0.2) is 5.69 Å². The van der Waals surface area contributed by atoms with E-state index in [9.17, 15) is 14.4 Å². The highest BCUT2D eigenvalue weighted by molar-refractivity contribution is 9.10. The molecule has 0 bridgehead atoms. The highest BCUT2D eigenvalue weighted by Crippen LogP contribution is 2.10. The number of hydrazine groups is 1. The fourth-order valence-corrected chi connectivity index (χ4v) is 2.06. The molecule has 1 aromatic heterocycles. The molecule has 8 heteroatoms. The van der Waals surface area contributed by atoms with Gasteiger partial charge in [-0.3, -0.25) is 25.2 Å². The molecule has 0 aliphatic rings. The van der Waals surface area contributed by atoms with Crippen LogP contribution in [0.15, 0.2) is 45.7 Å². The number of hydrogen-bond acceptors (Lipinski definition) is 4. The van der Waals surface area contributed by atoms with Gasteiger partial charge in [-0.25, -0.2) is 4.68 Å². The van der Waals surface area contributed by atoms with Crippen LogP contribution in [0.3, 0.4) is 0 Å². The summed E-state index contributed by atoms with van der Waals surface area (Å²) in [5.74, 6) is -1.05. The molecular formula is C15H15BrN4O3. The molecule has 2 N–H and O–H groups in total. The van der Waals surface area contributed by atoms with Crippen LogP contribution < -0.4 is 16.4 Å². The zero-order chi connectivity index (χ0) is 16.8. The van der Waals surface area contributed by atoms with Gasteiger partial charge in [-0.05, 0) is 36.8 Å². The number of carbonyl (C=O) groups is 2. The second-order valence-corrected chi connectivity index (χ2v) is 5.61. The van der Waals surface area contributed by atoms with Crippen molar-refractivity contribution in [2.75, 3.05) is 0 Å². The molecule has 0 aliphatic carbocycles. The fraction of sp³-hybridized carbons (Fsp3) is 0.200. The maximum Gasteiger partial charge on any atom is 0.290 e. The molecule has 0 saturated carbocycles. The third-order valence-corrected chi connectivity index (χ3v) is 3.46. The van der Waals surface area contributed by atoms with Crippen molar-refractivity contribution >= 4 is 27.7 Å². The number of nitrogens with zero attached hydrogens (tertiary/aromatic N) is 2.